The number of aliphatic imine (C=N–C) groups is 2. The van der Waals surface area contributed by atoms with Crippen LogP contribution in [0.1, 0.15) is 193 Å². The van der Waals surface area contributed by atoms with Crippen molar-refractivity contribution in [2.75, 3.05) is 0 Å². The van der Waals surface area contributed by atoms with Gasteiger partial charge in [-0.3, -0.25) is 9.98 Å². The SMILES string of the molecule is CCCCCCCCCCCCCCCCCCC/C=C/c1cccc(N=C(CCCC)C(CCCCCC)=Nc2ccccc2)c1.[Ni]. The van der Waals surface area contributed by atoms with Crippen LogP contribution in [0, 0.1) is 0 Å². The minimum Gasteiger partial charge on any atom is -0.252 e. The van der Waals surface area contributed by atoms with Crippen molar-refractivity contribution in [1.29, 1.82) is 0 Å². The molecule has 48 heavy (non-hydrogen) atoms. The molecule has 0 spiro atoms. The summed E-state index contributed by atoms with van der Waals surface area (Å²) in [6.45, 7) is 6.84. The quantitative estimate of drug-likeness (QED) is 0.0441. The van der Waals surface area contributed by atoms with Gasteiger partial charge >= 0.3 is 0 Å². The van der Waals surface area contributed by atoms with Crippen LogP contribution in [0.25, 0.3) is 6.08 Å². The Bertz CT molecular complexity index is 1090. The predicted molar refractivity (Wildman–Crippen MR) is 213 cm³/mol. The Hall–Kier alpha value is -1.99. The van der Waals surface area contributed by atoms with Crippen LogP contribution in [-0.4, -0.2) is 11.4 Å². The molecule has 0 amide bonds. The van der Waals surface area contributed by atoms with E-state index in [0.29, 0.717) is 0 Å². The maximum absolute atomic E-state index is 5.24. The van der Waals surface area contributed by atoms with Crippen molar-refractivity contribution in [2.24, 2.45) is 9.98 Å². The summed E-state index contributed by atoms with van der Waals surface area (Å²) >= 11 is 0. The molecule has 2 aromatic rings. The van der Waals surface area contributed by atoms with Gasteiger partial charge in [0.1, 0.15) is 0 Å². The van der Waals surface area contributed by atoms with Crippen molar-refractivity contribution in [3.05, 3.63) is 66.2 Å². The van der Waals surface area contributed by atoms with Gasteiger partial charge in [0.05, 0.1) is 22.8 Å². The molecule has 3 heteroatoms. The first-order chi connectivity index (χ1) is 23.3. The summed E-state index contributed by atoms with van der Waals surface area (Å²) in [5.74, 6) is 0. The third-order valence-electron chi connectivity index (χ3n) is 9.31. The van der Waals surface area contributed by atoms with Crippen LogP contribution in [0.3, 0.4) is 0 Å². The van der Waals surface area contributed by atoms with Gasteiger partial charge in [-0.1, -0.05) is 192 Å². The molecule has 0 aliphatic rings. The Morgan fingerprint density at radius 3 is 1.44 bits per heavy atom. The fourth-order valence-corrected chi connectivity index (χ4v) is 6.31. The fraction of sp³-hybridized carbons (Fsp3) is 0.644. The number of unbranched alkanes of at least 4 members (excludes halogenated alkanes) is 21. The predicted octanol–water partition coefficient (Wildman–Crippen LogP) is 15.7. The smallest absolute Gasteiger partial charge is 0.0639 e. The second kappa shape index (κ2) is 32.2. The summed E-state index contributed by atoms with van der Waals surface area (Å²) < 4.78 is 0. The first-order valence-electron chi connectivity index (χ1n) is 20.2. The van der Waals surface area contributed by atoms with Crippen molar-refractivity contribution in [1.82, 2.24) is 0 Å². The number of hydrogen-bond acceptors (Lipinski definition) is 2. The van der Waals surface area contributed by atoms with Crippen molar-refractivity contribution >= 4 is 28.9 Å². The summed E-state index contributed by atoms with van der Waals surface area (Å²) in [5, 5.41) is 0. The average Bonchev–Trinajstić information content (AvgIpc) is 3.09. The van der Waals surface area contributed by atoms with Gasteiger partial charge in [-0.15, -0.1) is 0 Å². The number of rotatable bonds is 30. The molecule has 0 saturated heterocycles. The van der Waals surface area contributed by atoms with Crippen LogP contribution in [0.5, 0.6) is 0 Å². The van der Waals surface area contributed by atoms with Crippen LogP contribution in [0.4, 0.5) is 11.4 Å². The first-order valence-corrected chi connectivity index (χ1v) is 20.2. The normalized spacial score (nSPS) is 12.1. The second-order valence-electron chi connectivity index (χ2n) is 13.8. The number of para-hydroxylation sites is 1. The zero-order valence-electron chi connectivity index (χ0n) is 31.4. The van der Waals surface area contributed by atoms with E-state index in [-0.39, 0.29) is 16.5 Å². The van der Waals surface area contributed by atoms with E-state index in [9.17, 15) is 0 Å². The van der Waals surface area contributed by atoms with Gasteiger partial charge in [0.2, 0.25) is 0 Å². The molecule has 0 bridgehead atoms. The van der Waals surface area contributed by atoms with Crippen molar-refractivity contribution < 1.29 is 16.5 Å². The molecule has 0 unspecified atom stereocenters. The molecule has 0 N–H and O–H groups in total. The summed E-state index contributed by atoms with van der Waals surface area (Å²) in [4.78, 5) is 10.4. The molecule has 2 nitrogen and oxygen atoms in total. The summed E-state index contributed by atoms with van der Waals surface area (Å²) in [6, 6.07) is 19.2. The van der Waals surface area contributed by atoms with Gasteiger partial charge in [0.15, 0.2) is 0 Å². The minimum atomic E-state index is 0. The Morgan fingerprint density at radius 1 is 0.458 bits per heavy atom. The van der Waals surface area contributed by atoms with Crippen molar-refractivity contribution in [3.63, 3.8) is 0 Å². The van der Waals surface area contributed by atoms with E-state index in [2.05, 4.69) is 87.5 Å². The standard InChI is InChI=1S/C45H72N2.Ni/c1-4-7-10-12-13-14-15-16-17-18-19-20-21-22-23-24-25-26-28-33-41-34-32-37-43(40-41)47-44(38-9-6-3)45(39-31-11-8-5-2)46-42-35-29-27-30-36-42;/h27-30,32-37,40H,4-26,31,38-39H2,1-3H3;/b33-28+,46-45?,47-44?;. The number of benzene rings is 2. The monoisotopic (exact) mass is 699 g/mol. The molecule has 272 valence electrons. The topological polar surface area (TPSA) is 24.7 Å². The second-order valence-corrected chi connectivity index (χ2v) is 13.8. The molecule has 0 aliphatic carbocycles. The van der Waals surface area contributed by atoms with Gasteiger partial charge in [-0.25, -0.2) is 0 Å². The molecular weight excluding hydrogens is 627 g/mol. The van der Waals surface area contributed by atoms with E-state index < -0.39 is 0 Å². The van der Waals surface area contributed by atoms with Gasteiger partial charge in [-0.05, 0) is 68.4 Å². The molecule has 0 saturated carbocycles. The van der Waals surface area contributed by atoms with Crippen LogP contribution < -0.4 is 0 Å². The molecule has 0 radical (unpaired) electrons. The van der Waals surface area contributed by atoms with Crippen LogP contribution in [0.15, 0.2) is 70.7 Å². The Labute approximate surface area is 308 Å². The van der Waals surface area contributed by atoms with Crippen molar-refractivity contribution in [2.45, 2.75) is 188 Å². The third kappa shape index (κ3) is 23.4. The molecule has 0 heterocycles. The maximum Gasteiger partial charge on any atom is 0.0639 e. The number of nitrogens with zero attached hydrogens (tertiary/aromatic N) is 2. The van der Waals surface area contributed by atoms with Crippen LogP contribution in [-0.2, 0) is 16.5 Å². The molecule has 2 rings (SSSR count). The van der Waals surface area contributed by atoms with Gasteiger partial charge in [0, 0.05) is 16.5 Å². The summed E-state index contributed by atoms with van der Waals surface area (Å²) in [6.07, 6.45) is 39.3. The molecular formula is C45H72N2Ni. The van der Waals surface area contributed by atoms with Gasteiger partial charge < -0.3 is 0 Å². The molecule has 0 aromatic heterocycles. The Balaban J connectivity index is 0.0000115. The van der Waals surface area contributed by atoms with Crippen LogP contribution >= 0.6 is 0 Å². The van der Waals surface area contributed by atoms with E-state index in [1.165, 1.54) is 153 Å². The van der Waals surface area contributed by atoms with Gasteiger partial charge in [0.25, 0.3) is 0 Å². The Morgan fingerprint density at radius 2 is 0.896 bits per heavy atom. The van der Waals surface area contributed by atoms with E-state index in [1.54, 1.807) is 0 Å². The van der Waals surface area contributed by atoms with Gasteiger partial charge in [-0.2, -0.15) is 0 Å². The molecule has 0 fully saturated rings. The fourth-order valence-electron chi connectivity index (χ4n) is 6.31. The zero-order chi connectivity index (χ0) is 33.5. The number of allylic oxidation sites excluding steroid dienone is 1. The summed E-state index contributed by atoms with van der Waals surface area (Å²) in [7, 11) is 0. The van der Waals surface area contributed by atoms with Crippen LogP contribution in [0.2, 0.25) is 0 Å². The minimum absolute atomic E-state index is 0. The molecule has 0 aliphatic heterocycles. The molecule has 0 atom stereocenters. The Kier molecular flexibility index (Phi) is 29.6. The van der Waals surface area contributed by atoms with E-state index in [0.717, 1.165) is 42.8 Å². The molecule has 2 aromatic carbocycles. The maximum atomic E-state index is 5.24. The first kappa shape index (κ1) is 44.0. The largest absolute Gasteiger partial charge is 0.252 e. The van der Waals surface area contributed by atoms with E-state index >= 15 is 0 Å². The summed E-state index contributed by atoms with van der Waals surface area (Å²) in [5.41, 5.74) is 5.66. The van der Waals surface area contributed by atoms with Crippen molar-refractivity contribution in [3.8, 4) is 0 Å². The van der Waals surface area contributed by atoms with E-state index in [4.69, 9.17) is 9.98 Å². The van der Waals surface area contributed by atoms with E-state index in [1.807, 2.05) is 0 Å². The zero-order valence-corrected chi connectivity index (χ0v) is 32.4. The average molecular weight is 700 g/mol. The number of hydrogen-bond donors (Lipinski definition) is 0. The third-order valence-corrected chi connectivity index (χ3v) is 9.31.